The number of anilines is 1. The lowest BCUT2D eigenvalue weighted by molar-refractivity contribution is -0.146. The fraction of sp³-hybridized carbons (Fsp3) is 0.160. The van der Waals surface area contributed by atoms with E-state index in [1.807, 2.05) is 31.2 Å². The van der Waals surface area contributed by atoms with Crippen molar-refractivity contribution in [2.45, 2.75) is 19.9 Å². The summed E-state index contributed by atoms with van der Waals surface area (Å²) in [5.41, 5.74) is 2.85. The van der Waals surface area contributed by atoms with Gasteiger partial charge in [0, 0.05) is 6.54 Å². The van der Waals surface area contributed by atoms with E-state index in [0.29, 0.717) is 12.2 Å². The lowest BCUT2D eigenvalue weighted by Gasteiger charge is -2.12. The smallest absolute Gasteiger partial charge is 0.310 e. The van der Waals surface area contributed by atoms with Gasteiger partial charge in [-0.2, -0.15) is 0 Å². The van der Waals surface area contributed by atoms with Gasteiger partial charge in [-0.15, -0.1) is 0 Å². The molecule has 0 unspecified atom stereocenters. The van der Waals surface area contributed by atoms with Gasteiger partial charge < -0.3 is 15.4 Å². The third-order valence-corrected chi connectivity index (χ3v) is 4.68. The molecule has 0 saturated carbocycles. The highest BCUT2D eigenvalue weighted by Crippen LogP contribution is 2.15. The van der Waals surface area contributed by atoms with Gasteiger partial charge in [-0.1, -0.05) is 60.2 Å². The second-order valence-corrected chi connectivity index (χ2v) is 7.19. The normalized spacial score (nSPS) is 10.3. The summed E-state index contributed by atoms with van der Waals surface area (Å²) in [6.45, 7) is 1.78. The molecule has 3 aromatic rings. The molecule has 0 aromatic heterocycles. The number of carbonyl (C=O) groups is 3. The zero-order valence-corrected chi connectivity index (χ0v) is 17.6. The van der Waals surface area contributed by atoms with E-state index >= 15 is 0 Å². The Balaban J connectivity index is 1.53. The van der Waals surface area contributed by atoms with Crippen LogP contribution in [-0.4, -0.2) is 24.4 Å². The van der Waals surface area contributed by atoms with E-state index in [4.69, 9.17) is 4.74 Å². The maximum atomic E-state index is 13.6. The number of carbonyl (C=O) groups excluding carboxylic acids is 3. The fourth-order valence-corrected chi connectivity index (χ4v) is 2.95. The molecule has 0 atom stereocenters. The topological polar surface area (TPSA) is 84.5 Å². The average Bonchev–Trinajstić information content (AvgIpc) is 2.79. The summed E-state index contributed by atoms with van der Waals surface area (Å²) in [5.74, 6) is -2.20. The van der Waals surface area contributed by atoms with Crippen LogP contribution in [0, 0.1) is 12.7 Å². The number of halogens is 1. The Morgan fingerprint density at radius 2 is 1.59 bits per heavy atom. The predicted molar refractivity (Wildman–Crippen MR) is 118 cm³/mol. The molecule has 0 saturated heterocycles. The minimum atomic E-state index is -0.727. The number of esters is 1. The van der Waals surface area contributed by atoms with Crippen LogP contribution in [-0.2, 0) is 27.3 Å². The minimum absolute atomic E-state index is 0.188. The first-order valence-corrected chi connectivity index (χ1v) is 10.0. The van der Waals surface area contributed by atoms with E-state index in [1.54, 1.807) is 30.3 Å². The van der Waals surface area contributed by atoms with Crippen molar-refractivity contribution in [3.8, 4) is 0 Å². The number of hydrogen-bond acceptors (Lipinski definition) is 4. The molecule has 0 heterocycles. The minimum Gasteiger partial charge on any atom is -0.455 e. The number of nitrogens with one attached hydrogen (secondary N) is 2. The number of ether oxygens (including phenoxy) is 1. The molecule has 0 fully saturated rings. The lowest BCUT2D eigenvalue weighted by Crippen LogP contribution is -2.26. The first-order valence-electron chi connectivity index (χ1n) is 10.0. The molecular formula is C25H23FN2O4. The van der Waals surface area contributed by atoms with Gasteiger partial charge in [0.05, 0.1) is 17.7 Å². The second-order valence-electron chi connectivity index (χ2n) is 7.19. The standard InChI is InChI=1S/C25H23FN2O4/c1-17-10-12-18(13-11-17)15-27-25(31)20-7-3-5-9-22(20)28-23(29)16-32-24(30)14-19-6-2-4-8-21(19)26/h2-13H,14-16H2,1H3,(H,27,31)(H,28,29). The monoisotopic (exact) mass is 434 g/mol. The van der Waals surface area contributed by atoms with Crippen LogP contribution in [0.1, 0.15) is 27.0 Å². The lowest BCUT2D eigenvalue weighted by atomic mass is 10.1. The van der Waals surface area contributed by atoms with Crippen molar-refractivity contribution in [3.05, 3.63) is 101 Å². The van der Waals surface area contributed by atoms with Gasteiger partial charge in [-0.25, -0.2) is 4.39 Å². The van der Waals surface area contributed by atoms with Crippen molar-refractivity contribution in [2.75, 3.05) is 11.9 Å². The number of amides is 2. The molecule has 3 aromatic carbocycles. The van der Waals surface area contributed by atoms with Crippen LogP contribution in [0.15, 0.2) is 72.8 Å². The molecule has 2 amide bonds. The van der Waals surface area contributed by atoms with Crippen LogP contribution in [0.25, 0.3) is 0 Å². The molecule has 164 valence electrons. The highest BCUT2D eigenvalue weighted by molar-refractivity contribution is 6.04. The summed E-state index contributed by atoms with van der Waals surface area (Å²) in [5, 5.41) is 5.40. The van der Waals surface area contributed by atoms with Crippen LogP contribution >= 0.6 is 0 Å². The van der Waals surface area contributed by atoms with Crippen LogP contribution in [0.2, 0.25) is 0 Å². The molecule has 0 bridgehead atoms. The molecule has 0 spiro atoms. The average molecular weight is 434 g/mol. The summed E-state index contributed by atoms with van der Waals surface area (Å²) in [7, 11) is 0. The quantitative estimate of drug-likeness (QED) is 0.529. The number of hydrogen-bond donors (Lipinski definition) is 2. The molecule has 3 rings (SSSR count). The molecule has 0 aliphatic rings. The summed E-state index contributed by atoms with van der Waals surface area (Å²) >= 11 is 0. The van der Waals surface area contributed by atoms with E-state index in [9.17, 15) is 18.8 Å². The Kier molecular flexibility index (Phi) is 7.70. The van der Waals surface area contributed by atoms with Crippen LogP contribution in [0.5, 0.6) is 0 Å². The molecule has 0 radical (unpaired) electrons. The van der Waals surface area contributed by atoms with Crippen molar-refractivity contribution in [3.63, 3.8) is 0 Å². The predicted octanol–water partition coefficient (Wildman–Crippen LogP) is 3.79. The maximum absolute atomic E-state index is 13.6. The van der Waals surface area contributed by atoms with Crippen LogP contribution in [0.4, 0.5) is 10.1 Å². The first kappa shape index (κ1) is 22.7. The van der Waals surface area contributed by atoms with Gasteiger partial charge in [0.1, 0.15) is 5.82 Å². The van der Waals surface area contributed by atoms with E-state index in [2.05, 4.69) is 10.6 Å². The van der Waals surface area contributed by atoms with Gasteiger partial charge in [0.2, 0.25) is 0 Å². The number of rotatable bonds is 8. The summed E-state index contributed by atoms with van der Waals surface area (Å²) in [6, 6.07) is 20.2. The van der Waals surface area contributed by atoms with Gasteiger partial charge in [-0.3, -0.25) is 14.4 Å². The van der Waals surface area contributed by atoms with Crippen LogP contribution < -0.4 is 10.6 Å². The Bertz CT molecular complexity index is 1110. The van der Waals surface area contributed by atoms with Crippen molar-refractivity contribution in [2.24, 2.45) is 0 Å². The zero-order chi connectivity index (χ0) is 22.9. The second kappa shape index (κ2) is 10.9. The highest BCUT2D eigenvalue weighted by Gasteiger charge is 2.15. The summed E-state index contributed by atoms with van der Waals surface area (Å²) in [6.07, 6.45) is -0.280. The van der Waals surface area contributed by atoms with Crippen molar-refractivity contribution in [1.29, 1.82) is 0 Å². The summed E-state index contributed by atoms with van der Waals surface area (Å²) < 4.78 is 18.6. The Morgan fingerprint density at radius 1 is 0.906 bits per heavy atom. The number of aryl methyl sites for hydroxylation is 1. The van der Waals surface area contributed by atoms with E-state index in [1.165, 1.54) is 18.2 Å². The highest BCUT2D eigenvalue weighted by atomic mass is 19.1. The largest absolute Gasteiger partial charge is 0.455 e. The van der Waals surface area contributed by atoms with E-state index < -0.39 is 24.3 Å². The van der Waals surface area contributed by atoms with Crippen molar-refractivity contribution < 1.29 is 23.5 Å². The molecule has 2 N–H and O–H groups in total. The van der Waals surface area contributed by atoms with Gasteiger partial charge in [0.15, 0.2) is 6.61 Å². The third kappa shape index (κ3) is 6.50. The summed E-state index contributed by atoms with van der Waals surface area (Å²) in [4.78, 5) is 36.7. The SMILES string of the molecule is Cc1ccc(CNC(=O)c2ccccc2NC(=O)COC(=O)Cc2ccccc2F)cc1. The Morgan fingerprint density at radius 3 is 2.34 bits per heavy atom. The van der Waals surface area contributed by atoms with E-state index in [0.717, 1.165) is 11.1 Å². The Labute approximate surface area is 185 Å². The number of para-hydroxylation sites is 1. The molecular weight excluding hydrogens is 411 g/mol. The van der Waals surface area contributed by atoms with Gasteiger partial charge in [-0.05, 0) is 36.2 Å². The maximum Gasteiger partial charge on any atom is 0.310 e. The number of benzene rings is 3. The molecule has 7 heteroatoms. The zero-order valence-electron chi connectivity index (χ0n) is 17.6. The molecule has 32 heavy (non-hydrogen) atoms. The van der Waals surface area contributed by atoms with Gasteiger partial charge in [0.25, 0.3) is 11.8 Å². The first-order chi connectivity index (χ1) is 15.4. The fourth-order valence-electron chi connectivity index (χ4n) is 2.95. The van der Waals surface area contributed by atoms with Crippen molar-refractivity contribution in [1.82, 2.24) is 5.32 Å². The van der Waals surface area contributed by atoms with Crippen LogP contribution in [0.3, 0.4) is 0 Å². The Hall–Kier alpha value is -4.00. The third-order valence-electron chi connectivity index (χ3n) is 4.68. The van der Waals surface area contributed by atoms with E-state index in [-0.39, 0.29) is 23.5 Å². The van der Waals surface area contributed by atoms with Gasteiger partial charge >= 0.3 is 5.97 Å². The molecule has 0 aliphatic heterocycles. The molecule has 6 nitrogen and oxygen atoms in total. The molecule has 0 aliphatic carbocycles. The van der Waals surface area contributed by atoms with Crippen molar-refractivity contribution >= 4 is 23.5 Å².